The van der Waals surface area contributed by atoms with Crippen LogP contribution in [0.4, 0.5) is 0 Å². The number of amides is 1. The number of rotatable bonds is 5. The lowest BCUT2D eigenvalue weighted by Gasteiger charge is -2.36. The molecular formula is C20H35IN6O2. The number of carbonyl (C=O) groups is 1. The molecule has 0 aromatic carbocycles. The van der Waals surface area contributed by atoms with E-state index < -0.39 is 0 Å². The molecule has 1 amide bonds. The molecular weight excluding hydrogens is 483 g/mol. The molecule has 8 nitrogen and oxygen atoms in total. The predicted molar refractivity (Wildman–Crippen MR) is 124 cm³/mol. The SMILES string of the molecule is CCNC(=NCC1CCN(C(C)=O)CC1)N1CCN(Cc2cc(C)on2)CC1.I. The number of piperidine rings is 1. The summed E-state index contributed by atoms with van der Waals surface area (Å²) in [7, 11) is 0. The number of carbonyl (C=O) groups excluding carboxylic acids is 1. The highest BCUT2D eigenvalue weighted by Crippen LogP contribution is 2.18. The third-order valence-corrected chi connectivity index (χ3v) is 5.63. The molecule has 2 aliphatic heterocycles. The number of piperazine rings is 1. The highest BCUT2D eigenvalue weighted by Gasteiger charge is 2.23. The molecule has 1 aromatic rings. The Labute approximate surface area is 191 Å². The molecule has 0 bridgehead atoms. The first-order chi connectivity index (χ1) is 13.5. The predicted octanol–water partition coefficient (Wildman–Crippen LogP) is 1.94. The first kappa shape index (κ1) is 23.9. The maximum atomic E-state index is 11.5. The fourth-order valence-corrected chi connectivity index (χ4v) is 3.91. The summed E-state index contributed by atoms with van der Waals surface area (Å²) in [5, 5.41) is 7.55. The lowest BCUT2D eigenvalue weighted by molar-refractivity contribution is -0.130. The molecule has 3 heterocycles. The molecule has 0 spiro atoms. The average Bonchev–Trinajstić information content (AvgIpc) is 3.11. The van der Waals surface area contributed by atoms with E-state index in [2.05, 4.69) is 27.2 Å². The number of aromatic nitrogens is 1. The minimum Gasteiger partial charge on any atom is -0.361 e. The third-order valence-electron chi connectivity index (χ3n) is 5.63. The van der Waals surface area contributed by atoms with Gasteiger partial charge >= 0.3 is 0 Å². The van der Waals surface area contributed by atoms with Crippen LogP contribution in [0.3, 0.4) is 0 Å². The number of aliphatic imine (C=N–C) groups is 1. The zero-order valence-electron chi connectivity index (χ0n) is 17.9. The monoisotopic (exact) mass is 518 g/mol. The number of likely N-dealkylation sites (tertiary alicyclic amines) is 1. The van der Waals surface area contributed by atoms with E-state index >= 15 is 0 Å². The Bertz CT molecular complexity index is 664. The van der Waals surface area contributed by atoms with E-state index in [0.717, 1.165) is 89.2 Å². The van der Waals surface area contributed by atoms with Gasteiger partial charge in [0.05, 0.1) is 5.69 Å². The van der Waals surface area contributed by atoms with E-state index in [1.165, 1.54) is 0 Å². The highest BCUT2D eigenvalue weighted by molar-refractivity contribution is 14.0. The van der Waals surface area contributed by atoms with Crippen molar-refractivity contribution in [2.45, 2.75) is 40.2 Å². The Morgan fingerprint density at radius 3 is 2.45 bits per heavy atom. The second-order valence-corrected chi connectivity index (χ2v) is 7.84. The van der Waals surface area contributed by atoms with Crippen molar-refractivity contribution >= 4 is 35.8 Å². The topological polar surface area (TPSA) is 77.2 Å². The standard InChI is InChI=1S/C20H34N6O2.HI/c1-4-21-20(22-14-18-5-7-25(8-6-18)17(3)27)26-11-9-24(10-12-26)15-19-13-16(2)28-23-19;/h13,18H,4-12,14-15H2,1-3H3,(H,21,22);1H. The quantitative estimate of drug-likeness (QED) is 0.365. The Morgan fingerprint density at radius 2 is 1.90 bits per heavy atom. The lowest BCUT2D eigenvalue weighted by Crippen LogP contribution is -2.52. The summed E-state index contributed by atoms with van der Waals surface area (Å²) >= 11 is 0. The maximum absolute atomic E-state index is 11.5. The first-order valence-corrected chi connectivity index (χ1v) is 10.5. The van der Waals surface area contributed by atoms with E-state index in [0.29, 0.717) is 5.92 Å². The van der Waals surface area contributed by atoms with Crippen LogP contribution in [-0.2, 0) is 11.3 Å². The number of nitrogens with zero attached hydrogens (tertiary/aromatic N) is 5. The Hall–Kier alpha value is -1.36. The number of aryl methyl sites for hydroxylation is 1. The van der Waals surface area contributed by atoms with Gasteiger partial charge in [-0.2, -0.15) is 0 Å². The van der Waals surface area contributed by atoms with Crippen LogP contribution in [0.1, 0.15) is 38.1 Å². The van der Waals surface area contributed by atoms with Crippen molar-refractivity contribution in [1.82, 2.24) is 25.2 Å². The van der Waals surface area contributed by atoms with Crippen molar-refractivity contribution in [3.8, 4) is 0 Å². The van der Waals surface area contributed by atoms with Gasteiger partial charge in [0, 0.05) is 71.9 Å². The van der Waals surface area contributed by atoms with Crippen molar-refractivity contribution in [1.29, 1.82) is 0 Å². The Kier molecular flexibility index (Phi) is 9.67. The molecule has 29 heavy (non-hydrogen) atoms. The van der Waals surface area contributed by atoms with Crippen LogP contribution in [0.2, 0.25) is 0 Å². The van der Waals surface area contributed by atoms with Gasteiger partial charge in [0.25, 0.3) is 0 Å². The van der Waals surface area contributed by atoms with Crippen molar-refractivity contribution < 1.29 is 9.32 Å². The molecule has 1 N–H and O–H groups in total. The van der Waals surface area contributed by atoms with E-state index in [1.807, 2.05) is 17.9 Å². The van der Waals surface area contributed by atoms with Gasteiger partial charge in [-0.25, -0.2) is 0 Å². The molecule has 0 aliphatic carbocycles. The second kappa shape index (κ2) is 11.7. The van der Waals surface area contributed by atoms with Crippen LogP contribution in [0.15, 0.2) is 15.6 Å². The summed E-state index contributed by atoms with van der Waals surface area (Å²) in [6, 6.07) is 2.01. The summed E-state index contributed by atoms with van der Waals surface area (Å²) in [6.07, 6.45) is 2.10. The largest absolute Gasteiger partial charge is 0.361 e. The zero-order valence-corrected chi connectivity index (χ0v) is 20.2. The maximum Gasteiger partial charge on any atom is 0.219 e. The molecule has 0 saturated carbocycles. The zero-order chi connectivity index (χ0) is 19.9. The van der Waals surface area contributed by atoms with Crippen LogP contribution in [-0.4, -0.2) is 84.1 Å². The van der Waals surface area contributed by atoms with Crippen molar-refractivity contribution in [3.63, 3.8) is 0 Å². The highest BCUT2D eigenvalue weighted by atomic mass is 127. The molecule has 1 aromatic heterocycles. The van der Waals surface area contributed by atoms with Gasteiger partial charge in [0.2, 0.25) is 5.91 Å². The van der Waals surface area contributed by atoms with Crippen LogP contribution in [0.25, 0.3) is 0 Å². The summed E-state index contributed by atoms with van der Waals surface area (Å²) in [6.45, 7) is 13.9. The van der Waals surface area contributed by atoms with E-state index in [1.54, 1.807) is 6.92 Å². The smallest absolute Gasteiger partial charge is 0.219 e. The van der Waals surface area contributed by atoms with E-state index in [-0.39, 0.29) is 29.9 Å². The Morgan fingerprint density at radius 1 is 1.21 bits per heavy atom. The van der Waals surface area contributed by atoms with Gasteiger partial charge in [-0.05, 0) is 32.6 Å². The number of halogens is 1. The molecule has 2 aliphatic rings. The average molecular weight is 518 g/mol. The van der Waals surface area contributed by atoms with E-state index in [4.69, 9.17) is 9.52 Å². The fourth-order valence-electron chi connectivity index (χ4n) is 3.91. The minimum absolute atomic E-state index is 0. The minimum atomic E-state index is 0. The first-order valence-electron chi connectivity index (χ1n) is 10.5. The van der Waals surface area contributed by atoms with Gasteiger partial charge in [-0.15, -0.1) is 24.0 Å². The molecule has 9 heteroatoms. The van der Waals surface area contributed by atoms with Gasteiger partial charge < -0.3 is 19.6 Å². The number of hydrogen-bond acceptors (Lipinski definition) is 5. The van der Waals surface area contributed by atoms with Crippen molar-refractivity contribution in [3.05, 3.63) is 17.5 Å². The second-order valence-electron chi connectivity index (χ2n) is 7.84. The van der Waals surface area contributed by atoms with Crippen LogP contribution in [0.5, 0.6) is 0 Å². The summed E-state index contributed by atoms with van der Waals surface area (Å²) in [5.74, 6) is 2.65. The summed E-state index contributed by atoms with van der Waals surface area (Å²) < 4.78 is 5.17. The van der Waals surface area contributed by atoms with Gasteiger partial charge in [-0.3, -0.25) is 14.7 Å². The third kappa shape index (κ3) is 7.13. The molecule has 0 unspecified atom stereocenters. The number of guanidine groups is 1. The molecule has 2 saturated heterocycles. The molecule has 0 atom stereocenters. The van der Waals surface area contributed by atoms with Crippen molar-refractivity contribution in [2.75, 3.05) is 52.4 Å². The molecule has 3 rings (SSSR count). The lowest BCUT2D eigenvalue weighted by atomic mass is 9.97. The van der Waals surface area contributed by atoms with Crippen LogP contribution in [0, 0.1) is 12.8 Å². The molecule has 164 valence electrons. The van der Waals surface area contributed by atoms with Gasteiger partial charge in [0.15, 0.2) is 5.96 Å². The summed E-state index contributed by atoms with van der Waals surface area (Å²) in [5.41, 5.74) is 1.00. The van der Waals surface area contributed by atoms with E-state index in [9.17, 15) is 4.79 Å². The van der Waals surface area contributed by atoms with Crippen LogP contribution < -0.4 is 5.32 Å². The van der Waals surface area contributed by atoms with Crippen LogP contribution >= 0.6 is 24.0 Å². The fraction of sp³-hybridized carbons (Fsp3) is 0.750. The Balaban J connectivity index is 0.00000300. The molecule has 2 fully saturated rings. The number of hydrogen-bond donors (Lipinski definition) is 1. The van der Waals surface area contributed by atoms with Gasteiger partial charge in [-0.1, -0.05) is 5.16 Å². The molecule has 0 radical (unpaired) electrons. The number of nitrogens with one attached hydrogen (secondary N) is 1. The summed E-state index contributed by atoms with van der Waals surface area (Å²) in [4.78, 5) is 23.1. The van der Waals surface area contributed by atoms with Gasteiger partial charge in [0.1, 0.15) is 5.76 Å². The van der Waals surface area contributed by atoms with Crippen molar-refractivity contribution in [2.24, 2.45) is 10.9 Å². The normalized spacial score (nSPS) is 19.2.